The van der Waals surface area contributed by atoms with Crippen molar-refractivity contribution < 1.29 is 0 Å². The molecule has 0 aliphatic carbocycles. The third kappa shape index (κ3) is 8.06. The molecule has 3 heteroatoms. The highest BCUT2D eigenvalue weighted by Gasteiger charge is 2.07. The average molecular weight is 438 g/mol. The van der Waals surface area contributed by atoms with E-state index in [0.29, 0.717) is 18.7 Å². The van der Waals surface area contributed by atoms with Crippen molar-refractivity contribution in [1.29, 1.82) is 5.41 Å². The molecule has 0 bridgehead atoms. The van der Waals surface area contributed by atoms with Crippen LogP contribution in [0.4, 0.5) is 5.69 Å². The number of rotatable bonds is 12. The lowest BCUT2D eigenvalue weighted by Gasteiger charge is -2.14. The third-order valence-electron chi connectivity index (χ3n) is 5.15. The molecule has 4 N–H and O–H groups in total. The minimum absolute atomic E-state index is 0.506. The van der Waals surface area contributed by atoms with Crippen molar-refractivity contribution in [3.63, 3.8) is 0 Å². The zero-order chi connectivity index (χ0) is 24.1. The fourth-order valence-corrected chi connectivity index (χ4v) is 3.35. The summed E-state index contributed by atoms with van der Waals surface area (Å²) in [6.07, 6.45) is 13.2. The summed E-state index contributed by atoms with van der Waals surface area (Å²) in [6.45, 7) is 13.2. The van der Waals surface area contributed by atoms with Crippen LogP contribution in [0.1, 0.15) is 37.8 Å². The van der Waals surface area contributed by atoms with Gasteiger partial charge in [0.15, 0.2) is 0 Å². The van der Waals surface area contributed by atoms with Gasteiger partial charge in [0.2, 0.25) is 0 Å². The van der Waals surface area contributed by atoms with E-state index in [0.717, 1.165) is 45.5 Å². The number of anilines is 1. The summed E-state index contributed by atoms with van der Waals surface area (Å²) in [5.74, 6) is 0. The number of para-hydroxylation sites is 1. The molecule has 0 aliphatic heterocycles. The van der Waals surface area contributed by atoms with Crippen LogP contribution in [0.5, 0.6) is 0 Å². The summed E-state index contributed by atoms with van der Waals surface area (Å²) in [5, 5.41) is 11.3. The number of nitrogens with two attached hydrogens (primary N) is 1. The topological polar surface area (TPSA) is 61.9 Å². The first kappa shape index (κ1) is 25.6. The van der Waals surface area contributed by atoms with Crippen molar-refractivity contribution >= 4 is 23.0 Å². The Morgan fingerprint density at radius 1 is 1.03 bits per heavy atom. The quantitative estimate of drug-likeness (QED) is 0.237. The Morgan fingerprint density at radius 3 is 2.39 bits per heavy atom. The van der Waals surface area contributed by atoms with Crippen molar-refractivity contribution in [3.8, 4) is 0 Å². The molecule has 3 nitrogen and oxygen atoms in total. The lowest BCUT2D eigenvalue weighted by atomic mass is 9.97. The summed E-state index contributed by atoms with van der Waals surface area (Å²) in [6, 6.07) is 18.1. The molecule has 0 spiro atoms. The molecule has 0 radical (unpaired) electrons. The maximum atomic E-state index is 7.95. The van der Waals surface area contributed by atoms with Crippen LogP contribution in [-0.4, -0.2) is 12.8 Å². The van der Waals surface area contributed by atoms with E-state index in [1.54, 1.807) is 0 Å². The lowest BCUT2D eigenvalue weighted by molar-refractivity contribution is 0.965. The molecule has 0 atom stereocenters. The summed E-state index contributed by atoms with van der Waals surface area (Å²) in [4.78, 5) is 0. The van der Waals surface area contributed by atoms with E-state index in [9.17, 15) is 0 Å². The van der Waals surface area contributed by atoms with E-state index < -0.39 is 0 Å². The van der Waals surface area contributed by atoms with Crippen molar-refractivity contribution in [2.24, 2.45) is 5.73 Å². The maximum absolute atomic E-state index is 7.95. The molecule has 0 heterocycles. The van der Waals surface area contributed by atoms with Gasteiger partial charge in [0.25, 0.3) is 0 Å². The molecular formula is C30H35N3. The van der Waals surface area contributed by atoms with Crippen LogP contribution in [0.3, 0.4) is 0 Å². The standard InChI is InChI=1S/C30H35N3/c1-5-6-8-13-23(2)29-16-11-12-17-30(29)33-28(22-32)21-25(4)27(18-19-31)20-24(3)26-14-9-7-10-15-26/h6-17,20-22,32-33H,3-5,18-19,31H2,1-2H3/b8-6-,23-13+,27-20+,28-21+,32-22?. The molecule has 2 rings (SSSR count). The summed E-state index contributed by atoms with van der Waals surface area (Å²) in [5.41, 5.74) is 13.5. The van der Waals surface area contributed by atoms with Crippen LogP contribution >= 0.6 is 0 Å². The van der Waals surface area contributed by atoms with Crippen molar-refractivity contribution in [2.45, 2.75) is 26.7 Å². The second-order valence-electron chi connectivity index (χ2n) is 7.73. The van der Waals surface area contributed by atoms with Crippen LogP contribution in [0.2, 0.25) is 0 Å². The predicted octanol–water partition coefficient (Wildman–Crippen LogP) is 7.55. The Kier molecular flexibility index (Phi) is 10.6. The molecule has 170 valence electrons. The molecule has 0 aliphatic rings. The fraction of sp³-hybridized carbons (Fsp3) is 0.167. The van der Waals surface area contributed by atoms with Crippen LogP contribution in [0.15, 0.2) is 115 Å². The largest absolute Gasteiger partial charge is 0.354 e. The monoisotopic (exact) mass is 437 g/mol. The van der Waals surface area contributed by atoms with Crippen LogP contribution in [0, 0.1) is 5.41 Å². The number of benzene rings is 2. The minimum atomic E-state index is 0.506. The highest BCUT2D eigenvalue weighted by Crippen LogP contribution is 2.26. The second-order valence-corrected chi connectivity index (χ2v) is 7.73. The molecule has 33 heavy (non-hydrogen) atoms. The normalized spacial score (nSPS) is 12.6. The van der Waals surface area contributed by atoms with E-state index in [1.165, 1.54) is 6.21 Å². The van der Waals surface area contributed by atoms with Gasteiger partial charge in [-0.1, -0.05) is 92.9 Å². The van der Waals surface area contributed by atoms with E-state index in [-0.39, 0.29) is 0 Å². The third-order valence-corrected chi connectivity index (χ3v) is 5.15. The van der Waals surface area contributed by atoms with E-state index in [2.05, 4.69) is 56.6 Å². The molecule has 2 aromatic rings. The van der Waals surface area contributed by atoms with Crippen molar-refractivity contribution in [1.82, 2.24) is 0 Å². The van der Waals surface area contributed by atoms with E-state index in [1.807, 2.05) is 60.7 Å². The van der Waals surface area contributed by atoms with Crippen LogP contribution in [-0.2, 0) is 0 Å². The van der Waals surface area contributed by atoms with Gasteiger partial charge >= 0.3 is 0 Å². The van der Waals surface area contributed by atoms with Gasteiger partial charge < -0.3 is 16.5 Å². The molecule has 0 saturated heterocycles. The van der Waals surface area contributed by atoms with Gasteiger partial charge in [-0.15, -0.1) is 0 Å². The van der Waals surface area contributed by atoms with Gasteiger partial charge in [-0.05, 0) is 66.3 Å². The summed E-state index contributed by atoms with van der Waals surface area (Å²) in [7, 11) is 0. The van der Waals surface area contributed by atoms with Gasteiger partial charge in [0, 0.05) is 17.5 Å². The highest BCUT2D eigenvalue weighted by atomic mass is 14.9. The van der Waals surface area contributed by atoms with Crippen molar-refractivity contribution in [3.05, 3.63) is 126 Å². The van der Waals surface area contributed by atoms with Crippen LogP contribution in [0.25, 0.3) is 11.1 Å². The van der Waals surface area contributed by atoms with E-state index >= 15 is 0 Å². The Hall–Kier alpha value is -3.69. The number of allylic oxidation sites excluding steroid dienone is 9. The zero-order valence-corrected chi connectivity index (χ0v) is 19.8. The van der Waals surface area contributed by atoms with Gasteiger partial charge in [-0.3, -0.25) is 0 Å². The fourth-order valence-electron chi connectivity index (χ4n) is 3.35. The Labute approximate surface area is 198 Å². The Morgan fingerprint density at radius 2 is 1.73 bits per heavy atom. The van der Waals surface area contributed by atoms with E-state index in [4.69, 9.17) is 11.1 Å². The summed E-state index contributed by atoms with van der Waals surface area (Å²) < 4.78 is 0. The molecule has 0 amide bonds. The van der Waals surface area contributed by atoms with Crippen molar-refractivity contribution in [2.75, 3.05) is 11.9 Å². The first-order valence-corrected chi connectivity index (χ1v) is 11.3. The van der Waals surface area contributed by atoms with Gasteiger partial charge in [-0.25, -0.2) is 0 Å². The SMILES string of the molecule is C=C(/C=C(\C=N)Nc1ccccc1/C(C)=C/C=C\CC)/C(=C/C(=C)c1ccccc1)CCN. The average Bonchev–Trinajstić information content (AvgIpc) is 2.84. The number of nitrogens with one attached hydrogen (secondary N) is 2. The predicted molar refractivity (Wildman–Crippen MR) is 146 cm³/mol. The molecule has 0 aromatic heterocycles. The maximum Gasteiger partial charge on any atom is 0.0569 e. The first-order valence-electron chi connectivity index (χ1n) is 11.3. The molecule has 0 fully saturated rings. The zero-order valence-electron chi connectivity index (χ0n) is 19.8. The first-order chi connectivity index (χ1) is 16.0. The Bertz CT molecular complexity index is 1080. The molecule has 2 aromatic carbocycles. The molecule has 0 unspecified atom stereocenters. The molecule has 0 saturated carbocycles. The second kappa shape index (κ2) is 13.7. The number of hydrogen-bond donors (Lipinski definition) is 3. The molecular weight excluding hydrogens is 402 g/mol. The van der Waals surface area contributed by atoms with Gasteiger partial charge in [0.1, 0.15) is 0 Å². The lowest BCUT2D eigenvalue weighted by Crippen LogP contribution is -2.05. The smallest absolute Gasteiger partial charge is 0.0569 e. The number of hydrogen-bond acceptors (Lipinski definition) is 3. The van der Waals surface area contributed by atoms with Gasteiger partial charge in [-0.2, -0.15) is 0 Å². The minimum Gasteiger partial charge on any atom is -0.354 e. The summed E-state index contributed by atoms with van der Waals surface area (Å²) >= 11 is 0. The Balaban J connectivity index is 2.31. The van der Waals surface area contributed by atoms with Crippen LogP contribution < -0.4 is 11.1 Å². The highest BCUT2D eigenvalue weighted by molar-refractivity contribution is 5.86. The van der Waals surface area contributed by atoms with Gasteiger partial charge in [0.05, 0.1) is 5.70 Å².